The molecule has 0 spiro atoms. The van der Waals surface area contributed by atoms with Crippen molar-refractivity contribution in [1.82, 2.24) is 29.1 Å². The predicted molar refractivity (Wildman–Crippen MR) is 249 cm³/mol. The van der Waals surface area contributed by atoms with E-state index in [1.165, 1.54) is 11.1 Å². The fourth-order valence-corrected chi connectivity index (χ4v) is 8.00. The molecule has 0 saturated heterocycles. The van der Waals surface area contributed by atoms with Gasteiger partial charge in [0.05, 0.1) is 0 Å². The quantitative estimate of drug-likeness (QED) is 0.117. The predicted octanol–water partition coefficient (Wildman–Crippen LogP) is 12.6. The van der Waals surface area contributed by atoms with Crippen LogP contribution in [0.15, 0.2) is 146 Å². The molecule has 1 aliphatic heterocycles. The van der Waals surface area contributed by atoms with Crippen molar-refractivity contribution < 1.29 is 30.4 Å². The molecule has 8 nitrogen and oxygen atoms in total. The number of ether oxygens (including phenoxy) is 1. The van der Waals surface area contributed by atoms with Crippen molar-refractivity contribution >= 4 is 44.9 Å². The summed E-state index contributed by atoms with van der Waals surface area (Å²) >= 11 is 0. The number of fused-ring (bicyclic) bond motifs is 4. The molecule has 1 aliphatic rings. The van der Waals surface area contributed by atoms with Crippen molar-refractivity contribution in [3.8, 4) is 51.5 Å². The first-order chi connectivity index (χ1) is 29.9. The topological polar surface area (TPSA) is 71.7 Å². The van der Waals surface area contributed by atoms with Crippen LogP contribution in [0.4, 0.5) is 17.1 Å². The maximum absolute atomic E-state index is 6.96. The van der Waals surface area contributed by atoms with Gasteiger partial charge in [-0.05, 0) is 51.1 Å². The van der Waals surface area contributed by atoms with Gasteiger partial charge in [0, 0.05) is 46.5 Å². The largest absolute Gasteiger partial charge is 2.00 e. The fourth-order valence-electron chi connectivity index (χ4n) is 8.00. The van der Waals surface area contributed by atoms with E-state index in [-0.39, 0.29) is 31.9 Å². The summed E-state index contributed by atoms with van der Waals surface area (Å²) in [5.41, 5.74) is 9.52. The number of pyridine rings is 1. The van der Waals surface area contributed by atoms with Gasteiger partial charge < -0.3 is 9.30 Å². The second kappa shape index (κ2) is 16.1. The second-order valence-corrected chi connectivity index (χ2v) is 17.8. The molecule has 9 aromatic rings. The van der Waals surface area contributed by atoms with Crippen LogP contribution in [0.2, 0.25) is 0 Å². The third-order valence-corrected chi connectivity index (χ3v) is 11.4. The van der Waals surface area contributed by atoms with Crippen LogP contribution in [0, 0.1) is 12.1 Å². The van der Waals surface area contributed by atoms with Crippen LogP contribution in [0.1, 0.15) is 52.7 Å². The average Bonchev–Trinajstić information content (AvgIpc) is 3.79. The molecule has 63 heavy (non-hydrogen) atoms. The zero-order chi connectivity index (χ0) is 42.8. The molecule has 10 rings (SSSR count). The van der Waals surface area contributed by atoms with Gasteiger partial charge in [-0.1, -0.05) is 153 Å². The molecule has 9 heteroatoms. The van der Waals surface area contributed by atoms with Crippen molar-refractivity contribution in [1.29, 1.82) is 0 Å². The third kappa shape index (κ3) is 7.82. The van der Waals surface area contributed by atoms with Gasteiger partial charge in [-0.25, -0.2) is 19.9 Å². The van der Waals surface area contributed by atoms with E-state index in [2.05, 4.69) is 149 Å². The molecular weight excluding hydrogens is 958 g/mol. The number of hydrogen-bond donors (Lipinski definition) is 0. The van der Waals surface area contributed by atoms with Gasteiger partial charge in [-0.2, -0.15) is 6.07 Å². The maximum atomic E-state index is 6.96. The Balaban J connectivity index is 0.00000504. The van der Waals surface area contributed by atoms with E-state index in [1.807, 2.05) is 70.8 Å². The monoisotopic (exact) mass is 1000 g/mol. The number of para-hydroxylation sites is 3. The Kier molecular flexibility index (Phi) is 10.6. The summed E-state index contributed by atoms with van der Waals surface area (Å²) in [6.45, 7) is 13.3. The van der Waals surface area contributed by atoms with E-state index in [9.17, 15) is 0 Å². The van der Waals surface area contributed by atoms with Crippen molar-refractivity contribution in [3.05, 3.63) is 169 Å². The minimum absolute atomic E-state index is 0. The summed E-state index contributed by atoms with van der Waals surface area (Å²) < 4.78 is 13.1. The molecule has 0 unspecified atom stereocenters. The molecule has 3 aromatic heterocycles. The standard InChI is InChI=1S/C54H45N7O.Pt/c1-53(2,3)37-26-22-35(23-27-37)50-56-51(36-24-28-38(29-25-36)54(4,5)6)58-52(57-50)43-32-42-41-17-8-9-18-44(41)61(49-21-12-13-30-55-49)47(42)33-48(43)62-40-16-14-15-39(31-40)60-34-59(7)45-19-10-11-20-46(45)60;/h8-30,32H,1-7H3;/q;+2. The van der Waals surface area contributed by atoms with Gasteiger partial charge in [0.1, 0.15) is 17.3 Å². The summed E-state index contributed by atoms with van der Waals surface area (Å²) in [7, 11) is 1.99. The van der Waals surface area contributed by atoms with E-state index in [0.717, 1.165) is 55.8 Å². The van der Waals surface area contributed by atoms with Crippen molar-refractivity contribution in [2.75, 3.05) is 7.05 Å². The van der Waals surface area contributed by atoms with Gasteiger partial charge in [-0.15, -0.1) is 23.6 Å². The van der Waals surface area contributed by atoms with Crippen LogP contribution >= 0.6 is 0 Å². The zero-order valence-corrected chi connectivity index (χ0v) is 38.5. The van der Waals surface area contributed by atoms with E-state index >= 15 is 0 Å². The number of aromatic nitrogens is 5. The Labute approximate surface area is 382 Å². The van der Waals surface area contributed by atoms with Gasteiger partial charge in [0.15, 0.2) is 18.7 Å². The Morgan fingerprint density at radius 2 is 1.21 bits per heavy atom. The molecule has 4 heterocycles. The molecule has 0 N–H and O–H groups in total. The van der Waals surface area contributed by atoms with E-state index in [0.29, 0.717) is 34.5 Å². The number of nitrogens with zero attached hydrogens (tertiary/aromatic N) is 7. The van der Waals surface area contributed by atoms with Crippen LogP contribution in [0.25, 0.3) is 61.8 Å². The minimum Gasteiger partial charge on any atom is -0.508 e. The third-order valence-electron chi connectivity index (χ3n) is 11.4. The van der Waals surface area contributed by atoms with Crippen LogP contribution in [0.5, 0.6) is 11.5 Å². The molecule has 0 fully saturated rings. The SMILES string of the molecule is C[N+]1=C=[N+](c2[c-]c(Oc3[c-]c4c(cc3-c3nc(-c5ccc(C(C)(C)C)cc5)nc(-c5ccc(C(C)(C)C)cc5)n3)c3ccccc3n4-c3ccccn3)ccc2)c2ccccc21.[Pt+2]. The fraction of sp³-hybridized carbons (Fsp3) is 0.167. The Bertz CT molecular complexity index is 3190. The molecule has 0 aliphatic carbocycles. The molecule has 0 amide bonds. The summed E-state index contributed by atoms with van der Waals surface area (Å²) in [4.78, 5) is 20.4. The minimum atomic E-state index is -0.00679. The summed E-state index contributed by atoms with van der Waals surface area (Å²) in [6.07, 6.45) is 1.81. The molecule has 310 valence electrons. The number of rotatable bonds is 7. The Morgan fingerprint density at radius 3 is 1.84 bits per heavy atom. The maximum Gasteiger partial charge on any atom is 2.00 e. The molecule has 0 bridgehead atoms. The molecule has 0 atom stereocenters. The molecule has 6 aromatic carbocycles. The summed E-state index contributed by atoms with van der Waals surface area (Å²) in [5, 5.41) is 2.00. The van der Waals surface area contributed by atoms with Gasteiger partial charge in [0.2, 0.25) is 0 Å². The zero-order valence-electron chi connectivity index (χ0n) is 36.2. The van der Waals surface area contributed by atoms with Crippen LogP contribution in [0.3, 0.4) is 0 Å². The van der Waals surface area contributed by atoms with Crippen molar-refractivity contribution in [3.63, 3.8) is 0 Å². The molecule has 0 saturated carbocycles. The van der Waals surface area contributed by atoms with Gasteiger partial charge in [-0.3, -0.25) is 0 Å². The second-order valence-electron chi connectivity index (χ2n) is 17.8. The number of hydrogen-bond acceptors (Lipinski definition) is 5. The first-order valence-corrected chi connectivity index (χ1v) is 20.9. The van der Waals surface area contributed by atoms with Gasteiger partial charge in [0.25, 0.3) is 11.4 Å². The van der Waals surface area contributed by atoms with E-state index in [1.54, 1.807) is 6.20 Å². The van der Waals surface area contributed by atoms with E-state index < -0.39 is 0 Å². The molecule has 0 radical (unpaired) electrons. The first-order valence-electron chi connectivity index (χ1n) is 20.9. The van der Waals surface area contributed by atoms with Gasteiger partial charge >= 0.3 is 27.1 Å². The summed E-state index contributed by atoms with van der Waals surface area (Å²) in [6, 6.07) is 58.2. The smallest absolute Gasteiger partial charge is 0.508 e. The Morgan fingerprint density at radius 1 is 0.603 bits per heavy atom. The van der Waals surface area contributed by atoms with Crippen molar-refractivity contribution in [2.45, 2.75) is 52.4 Å². The number of benzene rings is 6. The van der Waals surface area contributed by atoms with Crippen LogP contribution in [-0.2, 0) is 31.9 Å². The Hall–Kier alpha value is -6.85. The van der Waals surface area contributed by atoms with Crippen LogP contribution < -0.4 is 9.31 Å². The molecular formula is C54H45N7OPt+2. The van der Waals surface area contributed by atoms with Crippen molar-refractivity contribution in [2.24, 2.45) is 0 Å². The average molecular weight is 1000 g/mol. The first kappa shape index (κ1) is 41.5. The van der Waals surface area contributed by atoms with E-state index in [4.69, 9.17) is 24.7 Å². The van der Waals surface area contributed by atoms with Crippen LogP contribution in [-0.4, -0.2) is 42.1 Å². The normalized spacial score (nSPS) is 12.5. The summed E-state index contributed by atoms with van der Waals surface area (Å²) in [5.74, 6) is 3.28.